The van der Waals surface area contributed by atoms with Gasteiger partial charge in [-0.3, -0.25) is 9.69 Å². The fourth-order valence-electron chi connectivity index (χ4n) is 1.96. The molecule has 1 aromatic rings. The lowest BCUT2D eigenvalue weighted by Gasteiger charge is -2.19. The molecule has 1 aliphatic rings. The zero-order valence-corrected chi connectivity index (χ0v) is 9.23. The van der Waals surface area contributed by atoms with E-state index in [1.165, 1.54) is 0 Å². The maximum absolute atomic E-state index is 11.6. The second-order valence-corrected chi connectivity index (χ2v) is 4.22. The highest BCUT2D eigenvalue weighted by molar-refractivity contribution is 5.95. The number of carbonyl (C=O) groups excluding carboxylic acids is 1. The molecule has 1 fully saturated rings. The molecule has 3 nitrogen and oxygen atoms in total. The summed E-state index contributed by atoms with van der Waals surface area (Å²) in [5.41, 5.74) is 1.16. The summed E-state index contributed by atoms with van der Waals surface area (Å²) >= 11 is 0. The number of hydrogen-bond acceptors (Lipinski definition) is 2. The van der Waals surface area contributed by atoms with E-state index in [0.717, 1.165) is 24.3 Å². The Hall–Kier alpha value is -1.38. The minimum atomic E-state index is 0.204. The van der Waals surface area contributed by atoms with Crippen LogP contribution in [-0.4, -0.2) is 17.4 Å². The molecule has 0 aliphatic carbocycles. The molecule has 15 heavy (non-hydrogen) atoms. The average molecular weight is 204 g/mol. The van der Waals surface area contributed by atoms with Crippen molar-refractivity contribution >= 4 is 11.7 Å². The first kappa shape index (κ1) is 10.1. The third-order valence-corrected chi connectivity index (χ3v) is 2.77. The summed E-state index contributed by atoms with van der Waals surface area (Å²) in [4.78, 5) is 17.8. The molecule has 0 bridgehead atoms. The van der Waals surface area contributed by atoms with E-state index in [-0.39, 0.29) is 5.91 Å². The van der Waals surface area contributed by atoms with Crippen LogP contribution in [0.4, 0.5) is 5.82 Å². The molecule has 1 saturated heterocycles. The van der Waals surface area contributed by atoms with Crippen molar-refractivity contribution in [3.8, 4) is 0 Å². The standard InChI is InChI=1S/C12H16N2O/c1-9(2)10-5-3-7-13-12(10)14-8-4-6-11(14)15/h3,5,7,9H,4,6,8H2,1-2H3. The highest BCUT2D eigenvalue weighted by Crippen LogP contribution is 2.27. The molecule has 0 radical (unpaired) electrons. The molecule has 1 aliphatic heterocycles. The lowest BCUT2D eigenvalue weighted by atomic mass is 10.0. The first-order chi connectivity index (χ1) is 7.20. The molecule has 1 amide bonds. The Balaban J connectivity index is 2.38. The fraction of sp³-hybridized carbons (Fsp3) is 0.500. The van der Waals surface area contributed by atoms with E-state index in [9.17, 15) is 4.79 Å². The first-order valence-electron chi connectivity index (χ1n) is 5.45. The quantitative estimate of drug-likeness (QED) is 0.740. The number of pyridine rings is 1. The molecule has 3 heteroatoms. The third kappa shape index (κ3) is 1.87. The number of carbonyl (C=O) groups is 1. The van der Waals surface area contributed by atoms with Crippen molar-refractivity contribution in [2.24, 2.45) is 0 Å². The molecule has 0 aromatic carbocycles. The van der Waals surface area contributed by atoms with E-state index < -0.39 is 0 Å². The van der Waals surface area contributed by atoms with Crippen molar-refractivity contribution in [3.63, 3.8) is 0 Å². The Bertz CT molecular complexity index is 374. The highest BCUT2D eigenvalue weighted by Gasteiger charge is 2.25. The van der Waals surface area contributed by atoms with Crippen molar-refractivity contribution in [1.29, 1.82) is 0 Å². The lowest BCUT2D eigenvalue weighted by Crippen LogP contribution is -2.26. The number of nitrogens with zero attached hydrogens (tertiary/aromatic N) is 2. The van der Waals surface area contributed by atoms with Gasteiger partial charge in [-0.25, -0.2) is 4.98 Å². The maximum Gasteiger partial charge on any atom is 0.228 e. The fourth-order valence-corrected chi connectivity index (χ4v) is 1.96. The van der Waals surface area contributed by atoms with Gasteiger partial charge in [0.2, 0.25) is 5.91 Å². The largest absolute Gasteiger partial charge is 0.297 e. The van der Waals surface area contributed by atoms with E-state index in [0.29, 0.717) is 12.3 Å². The van der Waals surface area contributed by atoms with Gasteiger partial charge in [0.15, 0.2) is 0 Å². The lowest BCUT2D eigenvalue weighted by molar-refractivity contribution is -0.117. The smallest absolute Gasteiger partial charge is 0.228 e. The molecule has 0 atom stereocenters. The predicted octanol–water partition coefficient (Wildman–Crippen LogP) is 2.33. The van der Waals surface area contributed by atoms with Gasteiger partial charge in [0.25, 0.3) is 0 Å². The van der Waals surface area contributed by atoms with Crippen LogP contribution in [0.1, 0.15) is 38.2 Å². The van der Waals surface area contributed by atoms with Gasteiger partial charge in [0.1, 0.15) is 5.82 Å². The van der Waals surface area contributed by atoms with Crippen LogP contribution in [0.25, 0.3) is 0 Å². The van der Waals surface area contributed by atoms with Crippen molar-refractivity contribution in [2.75, 3.05) is 11.4 Å². The monoisotopic (exact) mass is 204 g/mol. The van der Waals surface area contributed by atoms with Gasteiger partial charge in [0.05, 0.1) is 0 Å². The Morgan fingerprint density at radius 2 is 2.27 bits per heavy atom. The van der Waals surface area contributed by atoms with E-state index in [1.807, 2.05) is 11.0 Å². The summed E-state index contributed by atoms with van der Waals surface area (Å²) in [6, 6.07) is 3.98. The van der Waals surface area contributed by atoms with Crippen LogP contribution < -0.4 is 4.90 Å². The summed E-state index contributed by atoms with van der Waals surface area (Å²) in [5, 5.41) is 0. The topological polar surface area (TPSA) is 33.2 Å². The molecule has 0 N–H and O–H groups in total. The summed E-state index contributed by atoms with van der Waals surface area (Å²) in [5.74, 6) is 1.47. The Morgan fingerprint density at radius 1 is 1.47 bits per heavy atom. The van der Waals surface area contributed by atoms with E-state index >= 15 is 0 Å². The second-order valence-electron chi connectivity index (χ2n) is 4.22. The van der Waals surface area contributed by atoms with Crippen LogP contribution in [0.2, 0.25) is 0 Å². The number of hydrogen-bond donors (Lipinski definition) is 0. The van der Waals surface area contributed by atoms with Gasteiger partial charge in [-0.2, -0.15) is 0 Å². The molecule has 2 rings (SSSR count). The summed E-state index contributed by atoms with van der Waals surface area (Å²) < 4.78 is 0. The van der Waals surface area contributed by atoms with E-state index in [1.54, 1.807) is 6.20 Å². The number of anilines is 1. The summed E-state index contributed by atoms with van der Waals surface area (Å²) in [7, 11) is 0. The van der Waals surface area contributed by atoms with Crippen molar-refractivity contribution in [3.05, 3.63) is 23.9 Å². The van der Waals surface area contributed by atoms with Crippen LogP contribution in [0.15, 0.2) is 18.3 Å². The molecule has 1 aromatic heterocycles. The van der Waals surface area contributed by atoms with Crippen molar-refractivity contribution in [2.45, 2.75) is 32.6 Å². The van der Waals surface area contributed by atoms with Gasteiger partial charge >= 0.3 is 0 Å². The maximum atomic E-state index is 11.6. The van der Waals surface area contributed by atoms with E-state index in [4.69, 9.17) is 0 Å². The van der Waals surface area contributed by atoms with Gasteiger partial charge in [-0.15, -0.1) is 0 Å². The Kier molecular flexibility index (Phi) is 2.71. The Labute approximate surface area is 90.1 Å². The zero-order valence-electron chi connectivity index (χ0n) is 9.23. The first-order valence-corrected chi connectivity index (χ1v) is 5.45. The van der Waals surface area contributed by atoms with Crippen LogP contribution in [-0.2, 0) is 4.79 Å². The van der Waals surface area contributed by atoms with Crippen LogP contribution >= 0.6 is 0 Å². The second kappa shape index (κ2) is 4.01. The average Bonchev–Trinajstić information content (AvgIpc) is 2.64. The van der Waals surface area contributed by atoms with Crippen molar-refractivity contribution < 1.29 is 4.79 Å². The number of aromatic nitrogens is 1. The molecule has 0 spiro atoms. The minimum Gasteiger partial charge on any atom is -0.297 e. The number of amides is 1. The zero-order chi connectivity index (χ0) is 10.8. The molecule has 2 heterocycles. The molecule has 0 unspecified atom stereocenters. The Morgan fingerprint density at radius 3 is 2.87 bits per heavy atom. The van der Waals surface area contributed by atoms with Gasteiger partial charge in [0, 0.05) is 19.2 Å². The van der Waals surface area contributed by atoms with Crippen molar-refractivity contribution in [1.82, 2.24) is 4.98 Å². The van der Waals surface area contributed by atoms with Gasteiger partial charge in [-0.05, 0) is 24.0 Å². The SMILES string of the molecule is CC(C)c1cccnc1N1CCCC1=O. The molecule has 80 valence electrons. The van der Waals surface area contributed by atoms with Gasteiger partial charge < -0.3 is 0 Å². The number of rotatable bonds is 2. The summed E-state index contributed by atoms with van der Waals surface area (Å²) in [6.07, 6.45) is 3.37. The van der Waals surface area contributed by atoms with Crippen LogP contribution in [0.5, 0.6) is 0 Å². The minimum absolute atomic E-state index is 0.204. The van der Waals surface area contributed by atoms with E-state index in [2.05, 4.69) is 24.9 Å². The van der Waals surface area contributed by atoms with Gasteiger partial charge in [-0.1, -0.05) is 19.9 Å². The molecular formula is C12H16N2O. The summed E-state index contributed by atoms with van der Waals surface area (Å²) in [6.45, 7) is 5.07. The predicted molar refractivity (Wildman–Crippen MR) is 59.9 cm³/mol. The van der Waals surface area contributed by atoms with Crippen LogP contribution in [0, 0.1) is 0 Å². The molecular weight excluding hydrogens is 188 g/mol. The normalized spacial score (nSPS) is 16.5. The third-order valence-electron chi connectivity index (χ3n) is 2.77. The highest BCUT2D eigenvalue weighted by atomic mass is 16.2. The van der Waals surface area contributed by atoms with Crippen LogP contribution in [0.3, 0.4) is 0 Å². The molecule has 0 saturated carbocycles.